The van der Waals surface area contributed by atoms with Gasteiger partial charge in [0.1, 0.15) is 5.82 Å². The van der Waals surface area contributed by atoms with Gasteiger partial charge in [0.15, 0.2) is 11.6 Å². The molecule has 0 amide bonds. The van der Waals surface area contributed by atoms with Crippen molar-refractivity contribution in [2.24, 2.45) is 11.8 Å². The third kappa shape index (κ3) is 4.05. The van der Waals surface area contributed by atoms with Crippen molar-refractivity contribution in [2.75, 3.05) is 32.0 Å². The Morgan fingerprint density at radius 1 is 1.19 bits per heavy atom. The third-order valence-electron chi connectivity index (χ3n) is 6.89. The van der Waals surface area contributed by atoms with Crippen LogP contribution in [0, 0.1) is 11.8 Å². The number of anilines is 1. The second kappa shape index (κ2) is 7.91. The molecule has 2 saturated heterocycles. The van der Waals surface area contributed by atoms with E-state index in [0.29, 0.717) is 35.2 Å². The summed E-state index contributed by atoms with van der Waals surface area (Å²) in [4.78, 5) is 11.3. The Labute approximate surface area is 184 Å². The lowest BCUT2D eigenvalue weighted by Crippen LogP contribution is -2.39. The van der Waals surface area contributed by atoms with Crippen LogP contribution < -0.4 is 10.5 Å². The van der Waals surface area contributed by atoms with Gasteiger partial charge in [-0.2, -0.15) is 0 Å². The van der Waals surface area contributed by atoms with Gasteiger partial charge in [-0.3, -0.25) is 4.90 Å². The summed E-state index contributed by atoms with van der Waals surface area (Å²) in [6.45, 7) is 8.01. The molecule has 2 aliphatic heterocycles. The zero-order valence-corrected chi connectivity index (χ0v) is 18.2. The number of nitrogen functional groups attached to an aromatic ring is 1. The Morgan fingerprint density at radius 3 is 2.50 bits per heavy atom. The summed E-state index contributed by atoms with van der Waals surface area (Å²) in [7, 11) is 0. The van der Waals surface area contributed by atoms with E-state index in [1.165, 1.54) is 12.3 Å². The molecule has 0 aromatic carbocycles. The van der Waals surface area contributed by atoms with Crippen LogP contribution in [0.4, 0.5) is 19.0 Å². The monoisotopic (exact) mass is 451 g/mol. The first-order valence-corrected chi connectivity index (χ1v) is 11.1. The summed E-state index contributed by atoms with van der Waals surface area (Å²) < 4.78 is 49.9. The second-order valence-corrected chi connectivity index (χ2v) is 9.32. The molecular formula is C22H28F3N5O2. The summed E-state index contributed by atoms with van der Waals surface area (Å²) in [5.41, 5.74) is 6.61. The van der Waals surface area contributed by atoms with Crippen molar-refractivity contribution >= 4 is 5.82 Å². The van der Waals surface area contributed by atoms with Gasteiger partial charge < -0.3 is 19.8 Å². The van der Waals surface area contributed by atoms with Crippen LogP contribution in [0.2, 0.25) is 0 Å². The van der Waals surface area contributed by atoms with Gasteiger partial charge in [-0.1, -0.05) is 13.8 Å². The van der Waals surface area contributed by atoms with Crippen molar-refractivity contribution in [3.8, 4) is 17.0 Å². The van der Waals surface area contributed by atoms with Gasteiger partial charge in [0.05, 0.1) is 5.69 Å². The lowest BCUT2D eigenvalue weighted by molar-refractivity contribution is -0.274. The summed E-state index contributed by atoms with van der Waals surface area (Å²) in [6.07, 6.45) is 0.752. The number of imidazole rings is 1. The first kappa shape index (κ1) is 21.5. The molecule has 10 heteroatoms. The smallest absolute Gasteiger partial charge is 0.402 e. The van der Waals surface area contributed by atoms with E-state index in [9.17, 15) is 13.2 Å². The number of aromatic nitrogens is 3. The molecule has 0 bridgehead atoms. The molecule has 174 valence electrons. The zero-order chi connectivity index (χ0) is 22.6. The minimum Gasteiger partial charge on any atom is -0.402 e. The summed E-state index contributed by atoms with van der Waals surface area (Å²) in [5, 5.41) is 0. The highest BCUT2D eigenvalue weighted by atomic mass is 19.4. The molecule has 3 aliphatic rings. The van der Waals surface area contributed by atoms with Crippen LogP contribution in [0.15, 0.2) is 18.5 Å². The highest BCUT2D eigenvalue weighted by Gasteiger charge is 2.58. The predicted molar refractivity (Wildman–Crippen MR) is 112 cm³/mol. The minimum absolute atomic E-state index is 0.185. The van der Waals surface area contributed by atoms with Gasteiger partial charge in [0.2, 0.25) is 0 Å². The van der Waals surface area contributed by atoms with Crippen molar-refractivity contribution in [2.45, 2.75) is 51.1 Å². The first-order chi connectivity index (χ1) is 15.2. The molecule has 3 atom stereocenters. The van der Waals surface area contributed by atoms with Crippen molar-refractivity contribution in [1.29, 1.82) is 0 Å². The fourth-order valence-corrected chi connectivity index (χ4v) is 5.30. The highest BCUT2D eigenvalue weighted by molar-refractivity contribution is 5.64. The molecule has 32 heavy (non-hydrogen) atoms. The fourth-order valence-electron chi connectivity index (χ4n) is 5.30. The summed E-state index contributed by atoms with van der Waals surface area (Å²) in [5.74, 6) is 1.49. The van der Waals surface area contributed by atoms with E-state index < -0.39 is 12.1 Å². The van der Waals surface area contributed by atoms with Gasteiger partial charge in [0, 0.05) is 62.3 Å². The van der Waals surface area contributed by atoms with Crippen molar-refractivity contribution in [3.63, 3.8) is 0 Å². The number of alkyl halides is 3. The van der Waals surface area contributed by atoms with Crippen LogP contribution in [0.5, 0.6) is 5.75 Å². The van der Waals surface area contributed by atoms with Crippen LogP contribution in [-0.4, -0.2) is 58.1 Å². The van der Waals surface area contributed by atoms with Crippen LogP contribution >= 0.6 is 0 Å². The maximum absolute atomic E-state index is 12.7. The normalized spacial score (nSPS) is 26.5. The van der Waals surface area contributed by atoms with Gasteiger partial charge in [0.25, 0.3) is 0 Å². The molecular weight excluding hydrogens is 423 g/mol. The van der Waals surface area contributed by atoms with Crippen molar-refractivity contribution < 1.29 is 22.6 Å². The number of hydrogen-bond acceptors (Lipinski definition) is 6. The van der Waals surface area contributed by atoms with E-state index in [0.717, 1.165) is 45.0 Å². The van der Waals surface area contributed by atoms with E-state index in [4.69, 9.17) is 15.5 Å². The lowest BCUT2D eigenvalue weighted by Gasteiger charge is -2.32. The molecule has 2 aromatic heterocycles. The number of nitrogens with two attached hydrogens (primary N) is 1. The number of ether oxygens (including phenoxy) is 2. The lowest BCUT2D eigenvalue weighted by atomic mass is 10.1. The van der Waals surface area contributed by atoms with E-state index in [-0.39, 0.29) is 11.7 Å². The summed E-state index contributed by atoms with van der Waals surface area (Å²) >= 11 is 0. The van der Waals surface area contributed by atoms with Crippen LogP contribution in [0.3, 0.4) is 0 Å². The van der Waals surface area contributed by atoms with Gasteiger partial charge in [-0.25, -0.2) is 9.97 Å². The average molecular weight is 451 g/mol. The standard InChI is InChI=1S/C22H28F3N5O2/c1-12(2)21-28-17(13-7-18(20(26)27-8-13)32-22(23,24)25)11-30(21)19-15-9-29(10-16(15)19)14-3-5-31-6-4-14/h7-8,11-12,14-16,19H,3-6,9-10H2,1-2H3,(H2,26,27)/t15-,16+,19-. The first-order valence-electron chi connectivity index (χ1n) is 11.1. The molecule has 7 nitrogen and oxygen atoms in total. The molecule has 1 aliphatic carbocycles. The molecule has 0 radical (unpaired) electrons. The van der Waals surface area contributed by atoms with Gasteiger partial charge >= 0.3 is 6.36 Å². The molecule has 0 unspecified atom stereocenters. The Morgan fingerprint density at radius 2 is 1.88 bits per heavy atom. The molecule has 5 rings (SSSR count). The number of pyridine rings is 1. The largest absolute Gasteiger partial charge is 0.573 e. The van der Waals surface area contributed by atoms with Crippen molar-refractivity contribution in [1.82, 2.24) is 19.4 Å². The quantitative estimate of drug-likeness (QED) is 0.745. The number of nitrogens with zero attached hydrogens (tertiary/aromatic N) is 4. The van der Waals surface area contributed by atoms with Crippen LogP contribution in [0.1, 0.15) is 44.5 Å². The number of fused-ring (bicyclic) bond motifs is 1. The SMILES string of the molecule is CC(C)c1nc(-c2cnc(N)c(OC(F)(F)F)c2)cn1[C@@H]1[C@@H]2CN(C3CCOCC3)C[C@@H]21. The van der Waals surface area contributed by atoms with Crippen molar-refractivity contribution in [3.05, 3.63) is 24.3 Å². The van der Waals surface area contributed by atoms with E-state index in [1.807, 2.05) is 6.20 Å². The number of hydrogen-bond donors (Lipinski definition) is 1. The van der Waals surface area contributed by atoms with Crippen LogP contribution in [0.25, 0.3) is 11.3 Å². The fraction of sp³-hybridized carbons (Fsp3) is 0.636. The van der Waals surface area contributed by atoms with Gasteiger partial charge in [-0.15, -0.1) is 13.2 Å². The number of likely N-dealkylation sites (tertiary alicyclic amines) is 1. The van der Waals surface area contributed by atoms with E-state index in [1.54, 1.807) is 0 Å². The van der Waals surface area contributed by atoms with Gasteiger partial charge in [-0.05, 0) is 30.7 Å². The Bertz CT molecular complexity index is 974. The minimum atomic E-state index is -4.83. The number of piperidine rings is 1. The Balaban J connectivity index is 1.36. The molecule has 4 heterocycles. The molecule has 1 saturated carbocycles. The zero-order valence-electron chi connectivity index (χ0n) is 18.2. The number of halogens is 3. The topological polar surface area (TPSA) is 78.4 Å². The maximum atomic E-state index is 12.7. The van der Waals surface area contributed by atoms with E-state index in [2.05, 4.69) is 33.0 Å². The average Bonchev–Trinajstić information content (AvgIpc) is 3.09. The predicted octanol–water partition coefficient (Wildman–Crippen LogP) is 3.83. The number of rotatable bonds is 5. The third-order valence-corrected chi connectivity index (χ3v) is 6.89. The van der Waals surface area contributed by atoms with E-state index >= 15 is 0 Å². The Hall–Kier alpha value is -2.33. The molecule has 2 aromatic rings. The summed E-state index contributed by atoms with van der Waals surface area (Å²) in [6, 6.07) is 2.26. The Kier molecular flexibility index (Phi) is 5.32. The maximum Gasteiger partial charge on any atom is 0.573 e. The molecule has 2 N–H and O–H groups in total. The second-order valence-electron chi connectivity index (χ2n) is 9.32. The molecule has 0 spiro atoms. The highest BCUT2D eigenvalue weighted by Crippen LogP contribution is 2.57. The van der Waals surface area contributed by atoms with Crippen LogP contribution in [-0.2, 0) is 4.74 Å². The molecule has 3 fully saturated rings.